The predicted molar refractivity (Wildman–Crippen MR) is 78.8 cm³/mol. The third-order valence-electron chi connectivity index (χ3n) is 2.77. The Bertz CT molecular complexity index is 579. The molecule has 112 valence electrons. The number of benzene rings is 1. The van der Waals surface area contributed by atoms with E-state index in [-0.39, 0.29) is 18.4 Å². The molecule has 0 aliphatic heterocycles. The summed E-state index contributed by atoms with van der Waals surface area (Å²) in [4.78, 5) is 37.0. The Morgan fingerprint density at radius 3 is 2.43 bits per heavy atom. The van der Waals surface area contributed by atoms with Gasteiger partial charge in [-0.1, -0.05) is 12.1 Å². The summed E-state index contributed by atoms with van der Waals surface area (Å²) in [5.74, 6) is -1.52. The lowest BCUT2D eigenvalue weighted by Crippen LogP contribution is -2.37. The van der Waals surface area contributed by atoms with Gasteiger partial charge in [-0.25, -0.2) is 4.79 Å². The highest BCUT2D eigenvalue weighted by Gasteiger charge is 2.15. The van der Waals surface area contributed by atoms with Gasteiger partial charge in [-0.15, -0.1) is 0 Å². The van der Waals surface area contributed by atoms with Gasteiger partial charge in [0.15, 0.2) is 0 Å². The van der Waals surface area contributed by atoms with Crippen LogP contribution in [0.25, 0.3) is 6.08 Å². The third-order valence-corrected chi connectivity index (χ3v) is 2.77. The Morgan fingerprint density at radius 2 is 1.86 bits per heavy atom. The molecule has 0 spiro atoms. The molecular weight excluding hydrogens is 272 g/mol. The van der Waals surface area contributed by atoms with Crippen LogP contribution in [0.3, 0.4) is 0 Å². The second kappa shape index (κ2) is 7.23. The molecule has 0 bridgehead atoms. The number of aliphatic carboxylic acids is 1. The average Bonchev–Trinajstić information content (AvgIpc) is 2.44. The molecule has 1 N–H and O–H groups in total. The van der Waals surface area contributed by atoms with Crippen LogP contribution in [0.4, 0.5) is 0 Å². The van der Waals surface area contributed by atoms with Crippen molar-refractivity contribution in [2.75, 3.05) is 27.7 Å². The number of carboxylic acid groups (broad SMARTS) is 1. The molecule has 0 fully saturated rings. The highest BCUT2D eigenvalue weighted by molar-refractivity contribution is 5.97. The summed E-state index contributed by atoms with van der Waals surface area (Å²) < 4.78 is 0. The number of carbonyl (C=O) groups is 3. The van der Waals surface area contributed by atoms with Crippen LogP contribution in [0.2, 0.25) is 0 Å². The Kier molecular flexibility index (Phi) is 5.66. The number of carbonyl (C=O) groups excluding carboxylic acids is 2. The van der Waals surface area contributed by atoms with Gasteiger partial charge in [0.05, 0.1) is 6.54 Å². The molecule has 0 aromatic heterocycles. The van der Waals surface area contributed by atoms with Crippen molar-refractivity contribution in [2.24, 2.45) is 0 Å². The SMILES string of the molecule is CN(C)C(=O)CN(C)C(=O)c1cccc(C=CC(=O)O)c1. The van der Waals surface area contributed by atoms with Gasteiger partial charge in [-0.2, -0.15) is 0 Å². The summed E-state index contributed by atoms with van der Waals surface area (Å²) in [6.45, 7) is -0.0129. The van der Waals surface area contributed by atoms with Gasteiger partial charge in [0, 0.05) is 32.8 Å². The van der Waals surface area contributed by atoms with E-state index in [2.05, 4.69) is 0 Å². The van der Waals surface area contributed by atoms with Crippen molar-refractivity contribution in [3.63, 3.8) is 0 Å². The standard InChI is InChI=1S/C15H18N2O4/c1-16(2)13(18)10-17(3)15(21)12-6-4-5-11(9-12)7-8-14(19)20/h4-9H,10H2,1-3H3,(H,19,20). The first kappa shape index (κ1) is 16.4. The second-order valence-corrected chi connectivity index (χ2v) is 4.75. The van der Waals surface area contributed by atoms with E-state index in [0.29, 0.717) is 11.1 Å². The van der Waals surface area contributed by atoms with Crippen molar-refractivity contribution < 1.29 is 19.5 Å². The lowest BCUT2D eigenvalue weighted by Gasteiger charge is -2.19. The monoisotopic (exact) mass is 290 g/mol. The number of hydrogen-bond acceptors (Lipinski definition) is 3. The van der Waals surface area contributed by atoms with E-state index in [1.165, 1.54) is 15.9 Å². The minimum Gasteiger partial charge on any atom is -0.478 e. The zero-order chi connectivity index (χ0) is 16.0. The van der Waals surface area contributed by atoms with Crippen LogP contribution in [-0.4, -0.2) is 60.4 Å². The number of rotatable bonds is 5. The van der Waals surface area contributed by atoms with Gasteiger partial charge in [0.1, 0.15) is 0 Å². The highest BCUT2D eigenvalue weighted by atomic mass is 16.4. The molecule has 1 aromatic rings. The summed E-state index contributed by atoms with van der Waals surface area (Å²) >= 11 is 0. The molecule has 0 saturated carbocycles. The first-order valence-corrected chi connectivity index (χ1v) is 6.28. The molecule has 2 amide bonds. The van der Waals surface area contributed by atoms with E-state index in [4.69, 9.17) is 5.11 Å². The Balaban J connectivity index is 2.85. The van der Waals surface area contributed by atoms with Crippen molar-refractivity contribution in [2.45, 2.75) is 0 Å². The number of likely N-dealkylation sites (N-methyl/N-ethyl adjacent to an activating group) is 2. The summed E-state index contributed by atoms with van der Waals surface area (Å²) in [5.41, 5.74) is 1.01. The molecule has 0 aliphatic carbocycles. The van der Waals surface area contributed by atoms with Crippen molar-refractivity contribution in [1.82, 2.24) is 9.80 Å². The summed E-state index contributed by atoms with van der Waals surface area (Å²) in [7, 11) is 4.79. The first-order valence-electron chi connectivity index (χ1n) is 6.28. The Labute approximate surface area is 123 Å². The fraction of sp³-hybridized carbons (Fsp3) is 0.267. The Hall–Kier alpha value is -2.63. The molecule has 0 aliphatic rings. The maximum atomic E-state index is 12.2. The van der Waals surface area contributed by atoms with Crippen LogP contribution in [0.5, 0.6) is 0 Å². The minimum atomic E-state index is -1.06. The molecule has 0 atom stereocenters. The topological polar surface area (TPSA) is 77.9 Å². The molecule has 6 heteroatoms. The fourth-order valence-corrected chi connectivity index (χ4v) is 1.58. The van der Waals surface area contributed by atoms with Gasteiger partial charge in [-0.05, 0) is 23.8 Å². The number of carboxylic acids is 1. The molecule has 0 radical (unpaired) electrons. The molecule has 1 aromatic carbocycles. The quantitative estimate of drug-likeness (QED) is 0.819. The molecule has 0 saturated heterocycles. The van der Waals surface area contributed by atoms with Crippen molar-refractivity contribution >= 4 is 23.9 Å². The number of amides is 2. The Morgan fingerprint density at radius 1 is 1.19 bits per heavy atom. The van der Waals surface area contributed by atoms with Crippen LogP contribution in [-0.2, 0) is 9.59 Å². The van der Waals surface area contributed by atoms with Crippen molar-refractivity contribution in [3.8, 4) is 0 Å². The van der Waals surface area contributed by atoms with Crippen molar-refractivity contribution in [3.05, 3.63) is 41.5 Å². The molecule has 0 heterocycles. The zero-order valence-corrected chi connectivity index (χ0v) is 12.2. The van der Waals surface area contributed by atoms with E-state index in [1.54, 1.807) is 45.4 Å². The smallest absolute Gasteiger partial charge is 0.328 e. The van der Waals surface area contributed by atoms with Crippen LogP contribution < -0.4 is 0 Å². The maximum absolute atomic E-state index is 12.2. The number of nitrogens with zero attached hydrogens (tertiary/aromatic N) is 2. The normalized spacial score (nSPS) is 10.4. The van der Waals surface area contributed by atoms with E-state index in [9.17, 15) is 14.4 Å². The lowest BCUT2D eigenvalue weighted by atomic mass is 10.1. The largest absolute Gasteiger partial charge is 0.478 e. The predicted octanol–water partition coefficient (Wildman–Crippen LogP) is 0.945. The first-order chi connectivity index (χ1) is 9.81. The highest BCUT2D eigenvalue weighted by Crippen LogP contribution is 2.09. The lowest BCUT2D eigenvalue weighted by molar-refractivity contribution is -0.131. The minimum absolute atomic E-state index is 0.0129. The van der Waals surface area contributed by atoms with Gasteiger partial charge in [0.2, 0.25) is 5.91 Å². The average molecular weight is 290 g/mol. The maximum Gasteiger partial charge on any atom is 0.328 e. The summed E-state index contributed by atoms with van der Waals surface area (Å²) in [6, 6.07) is 6.56. The van der Waals surface area contributed by atoms with E-state index in [0.717, 1.165) is 6.08 Å². The van der Waals surface area contributed by atoms with Crippen LogP contribution in [0.15, 0.2) is 30.3 Å². The van der Waals surface area contributed by atoms with Gasteiger partial charge < -0.3 is 14.9 Å². The molecule has 21 heavy (non-hydrogen) atoms. The second-order valence-electron chi connectivity index (χ2n) is 4.75. The van der Waals surface area contributed by atoms with Gasteiger partial charge >= 0.3 is 5.97 Å². The van der Waals surface area contributed by atoms with Crippen LogP contribution in [0.1, 0.15) is 15.9 Å². The molecule has 1 rings (SSSR count). The van der Waals surface area contributed by atoms with E-state index in [1.807, 2.05) is 0 Å². The molecule has 0 unspecified atom stereocenters. The van der Waals surface area contributed by atoms with E-state index < -0.39 is 5.97 Å². The van der Waals surface area contributed by atoms with E-state index >= 15 is 0 Å². The zero-order valence-electron chi connectivity index (χ0n) is 12.2. The third kappa shape index (κ3) is 5.10. The fourth-order valence-electron chi connectivity index (χ4n) is 1.58. The van der Waals surface area contributed by atoms with Gasteiger partial charge in [-0.3, -0.25) is 9.59 Å². The number of hydrogen-bond donors (Lipinski definition) is 1. The summed E-state index contributed by atoms with van der Waals surface area (Å²) in [5, 5.41) is 8.59. The molecular formula is C15H18N2O4. The van der Waals surface area contributed by atoms with Gasteiger partial charge in [0.25, 0.3) is 5.91 Å². The van der Waals surface area contributed by atoms with Crippen LogP contribution >= 0.6 is 0 Å². The summed E-state index contributed by atoms with van der Waals surface area (Å²) in [6.07, 6.45) is 2.41. The van der Waals surface area contributed by atoms with Crippen LogP contribution in [0, 0.1) is 0 Å². The van der Waals surface area contributed by atoms with Crippen molar-refractivity contribution in [1.29, 1.82) is 0 Å². The molecule has 6 nitrogen and oxygen atoms in total.